The molecule has 0 aliphatic carbocycles. The SMILES string of the molecule is BrC1=C(c2ccc(Br)cc2)/C(=N/c2[nH]c(-c3ccc(Br)cc3)c(Br)c2-c2ccc(Br)cc2)N=C1c1ccc(Br)cc1. The molecule has 0 radical (unpaired) electrons. The van der Waals surface area contributed by atoms with Crippen molar-refractivity contribution in [1.29, 1.82) is 0 Å². The summed E-state index contributed by atoms with van der Waals surface area (Å²) in [6.07, 6.45) is 0. The van der Waals surface area contributed by atoms with Gasteiger partial charge < -0.3 is 4.98 Å². The molecular weight excluding hydrogens is 906 g/mol. The number of halogens is 6. The van der Waals surface area contributed by atoms with Crippen molar-refractivity contribution in [2.75, 3.05) is 0 Å². The molecule has 0 amide bonds. The van der Waals surface area contributed by atoms with Crippen LogP contribution in [-0.4, -0.2) is 16.5 Å². The normalized spacial score (nSPS) is 14.2. The Hall–Kier alpha value is -1.88. The fourth-order valence-electron chi connectivity index (χ4n) is 4.53. The first-order chi connectivity index (χ1) is 19.8. The zero-order valence-corrected chi connectivity index (χ0v) is 30.4. The van der Waals surface area contributed by atoms with E-state index in [0.29, 0.717) is 11.7 Å². The Balaban J connectivity index is 1.58. The van der Waals surface area contributed by atoms with Crippen LogP contribution in [0.4, 0.5) is 5.82 Å². The number of aliphatic imine (C=N–C) groups is 2. The van der Waals surface area contributed by atoms with Crippen molar-refractivity contribution in [3.05, 3.63) is 135 Å². The quantitative estimate of drug-likeness (QED) is 0.182. The van der Waals surface area contributed by atoms with Crippen molar-refractivity contribution in [3.8, 4) is 22.4 Å². The van der Waals surface area contributed by atoms with Gasteiger partial charge in [-0.05, 0) is 97.1 Å². The topological polar surface area (TPSA) is 40.5 Å². The average molecular weight is 923 g/mol. The highest BCUT2D eigenvalue weighted by atomic mass is 79.9. The molecule has 0 saturated heterocycles. The lowest BCUT2D eigenvalue weighted by atomic mass is 10.0. The van der Waals surface area contributed by atoms with Crippen LogP contribution in [0.25, 0.3) is 28.0 Å². The van der Waals surface area contributed by atoms with Gasteiger partial charge in [-0.2, -0.15) is 0 Å². The first-order valence-corrected chi connectivity index (χ1v) is 17.1. The maximum atomic E-state index is 5.22. The summed E-state index contributed by atoms with van der Waals surface area (Å²) >= 11 is 22.0. The predicted octanol–water partition coefficient (Wildman–Crippen LogP) is 12.5. The molecule has 3 nitrogen and oxygen atoms in total. The number of nitrogens with zero attached hydrogens (tertiary/aromatic N) is 2. The maximum Gasteiger partial charge on any atom is 0.164 e. The summed E-state index contributed by atoms with van der Waals surface area (Å²) in [6, 6.07) is 32.8. The molecule has 9 heteroatoms. The Morgan fingerprint density at radius 1 is 0.512 bits per heavy atom. The van der Waals surface area contributed by atoms with Crippen molar-refractivity contribution >= 4 is 119 Å². The highest BCUT2D eigenvalue weighted by Gasteiger charge is 2.27. The van der Waals surface area contributed by atoms with Gasteiger partial charge in [0.15, 0.2) is 5.84 Å². The molecule has 41 heavy (non-hydrogen) atoms. The summed E-state index contributed by atoms with van der Waals surface area (Å²) in [5.74, 6) is 1.33. The monoisotopic (exact) mass is 917 g/mol. The predicted molar refractivity (Wildman–Crippen MR) is 193 cm³/mol. The summed E-state index contributed by atoms with van der Waals surface area (Å²) < 4.78 is 5.88. The Kier molecular flexibility index (Phi) is 8.82. The first-order valence-electron chi connectivity index (χ1n) is 12.3. The molecular formula is C32H17Br6N3. The van der Waals surface area contributed by atoms with E-state index in [9.17, 15) is 0 Å². The molecule has 0 unspecified atom stereocenters. The van der Waals surface area contributed by atoms with Crippen LogP contribution in [0, 0.1) is 0 Å². The molecule has 1 aromatic heterocycles. The number of aromatic amines is 1. The van der Waals surface area contributed by atoms with Gasteiger partial charge in [-0.1, -0.05) is 112 Å². The van der Waals surface area contributed by atoms with E-state index in [2.05, 4.69) is 149 Å². The highest BCUT2D eigenvalue weighted by molar-refractivity contribution is 9.12. The standard InChI is InChI=1S/C32H17Br6N3/c33-21-9-1-17(2-10-21)25-27(37)29(19-5-13-23(35)14-6-19)39-31(25)41-32-26(18-3-11-22(34)12-4-18)28(38)30(40-32)20-7-15-24(36)16-8-20/h1-16,39H/b41-32-. The molecule has 0 spiro atoms. The molecule has 1 aliphatic rings. The summed E-state index contributed by atoms with van der Waals surface area (Å²) in [6.45, 7) is 0. The Morgan fingerprint density at radius 3 is 1.46 bits per heavy atom. The van der Waals surface area contributed by atoms with Crippen molar-refractivity contribution in [2.45, 2.75) is 0 Å². The summed E-state index contributed by atoms with van der Waals surface area (Å²) in [7, 11) is 0. The van der Waals surface area contributed by atoms with Gasteiger partial charge in [0.1, 0.15) is 5.82 Å². The largest absolute Gasteiger partial charge is 0.338 e. The van der Waals surface area contributed by atoms with Crippen molar-refractivity contribution in [2.24, 2.45) is 9.98 Å². The second-order valence-corrected chi connectivity index (χ2v) is 14.4. The first kappa shape index (κ1) is 29.2. The van der Waals surface area contributed by atoms with Crippen LogP contribution in [-0.2, 0) is 0 Å². The molecule has 4 aromatic carbocycles. The molecule has 0 atom stereocenters. The fraction of sp³-hybridized carbons (Fsp3) is 0. The second-order valence-electron chi connectivity index (χ2n) is 9.15. The molecule has 6 rings (SSSR count). The molecule has 2 heterocycles. The second kappa shape index (κ2) is 12.4. The molecule has 0 bridgehead atoms. The Bertz CT molecular complexity index is 1850. The minimum atomic E-state index is 0.617. The van der Waals surface area contributed by atoms with Crippen molar-refractivity contribution in [1.82, 2.24) is 4.98 Å². The van der Waals surface area contributed by atoms with Gasteiger partial charge in [0.25, 0.3) is 0 Å². The Morgan fingerprint density at radius 2 is 0.951 bits per heavy atom. The fourth-order valence-corrected chi connectivity index (χ4v) is 7.06. The van der Waals surface area contributed by atoms with Crippen LogP contribution in [0.15, 0.2) is 134 Å². The summed E-state index contributed by atoms with van der Waals surface area (Å²) in [4.78, 5) is 13.9. The van der Waals surface area contributed by atoms with Crippen LogP contribution in [0.3, 0.4) is 0 Å². The van der Waals surface area contributed by atoms with E-state index in [1.54, 1.807) is 0 Å². The zero-order valence-electron chi connectivity index (χ0n) is 20.9. The van der Waals surface area contributed by atoms with E-state index in [-0.39, 0.29) is 0 Å². The van der Waals surface area contributed by atoms with E-state index in [0.717, 1.165) is 71.6 Å². The van der Waals surface area contributed by atoms with E-state index in [4.69, 9.17) is 9.98 Å². The number of amidine groups is 1. The lowest BCUT2D eigenvalue weighted by Crippen LogP contribution is -1.97. The average Bonchev–Trinajstić information content (AvgIpc) is 3.46. The molecule has 202 valence electrons. The van der Waals surface area contributed by atoms with Crippen LogP contribution in [0.2, 0.25) is 0 Å². The lowest BCUT2D eigenvalue weighted by Gasteiger charge is -2.07. The van der Waals surface area contributed by atoms with Crippen LogP contribution < -0.4 is 0 Å². The van der Waals surface area contributed by atoms with E-state index < -0.39 is 0 Å². The van der Waals surface area contributed by atoms with Crippen LogP contribution >= 0.6 is 95.6 Å². The third-order valence-corrected chi connectivity index (χ3v) is 10.2. The lowest BCUT2D eigenvalue weighted by molar-refractivity contribution is 1.32. The van der Waals surface area contributed by atoms with Gasteiger partial charge in [-0.15, -0.1) is 0 Å². The summed E-state index contributed by atoms with van der Waals surface area (Å²) in [5.41, 5.74) is 7.74. The number of allylic oxidation sites excluding steroid dienone is 1. The molecule has 1 aliphatic heterocycles. The summed E-state index contributed by atoms with van der Waals surface area (Å²) in [5, 5.41) is 0. The van der Waals surface area contributed by atoms with E-state index in [1.165, 1.54) is 0 Å². The van der Waals surface area contributed by atoms with Gasteiger partial charge in [0.2, 0.25) is 0 Å². The number of hydrogen-bond acceptors (Lipinski definition) is 1. The van der Waals surface area contributed by atoms with Gasteiger partial charge >= 0.3 is 0 Å². The maximum absolute atomic E-state index is 5.22. The third kappa shape index (κ3) is 6.12. The molecule has 1 N–H and O–H groups in total. The van der Waals surface area contributed by atoms with Crippen LogP contribution in [0.1, 0.15) is 11.1 Å². The number of benzene rings is 4. The van der Waals surface area contributed by atoms with Crippen LogP contribution in [0.5, 0.6) is 0 Å². The van der Waals surface area contributed by atoms with E-state index in [1.807, 2.05) is 48.5 Å². The molecule has 5 aromatic rings. The Labute approximate surface area is 288 Å². The third-order valence-electron chi connectivity index (χ3n) is 6.52. The minimum Gasteiger partial charge on any atom is -0.338 e. The zero-order chi connectivity index (χ0) is 28.7. The number of nitrogens with one attached hydrogen (secondary N) is 1. The molecule has 0 saturated carbocycles. The van der Waals surface area contributed by atoms with Gasteiger partial charge in [-0.25, -0.2) is 9.98 Å². The van der Waals surface area contributed by atoms with Crippen molar-refractivity contribution < 1.29 is 0 Å². The highest BCUT2D eigenvalue weighted by Crippen LogP contribution is 2.45. The smallest absolute Gasteiger partial charge is 0.164 e. The molecule has 0 fully saturated rings. The van der Waals surface area contributed by atoms with Gasteiger partial charge in [0.05, 0.1) is 20.4 Å². The number of hydrogen-bond donors (Lipinski definition) is 1. The van der Waals surface area contributed by atoms with Gasteiger partial charge in [0, 0.05) is 34.6 Å². The van der Waals surface area contributed by atoms with Crippen molar-refractivity contribution in [3.63, 3.8) is 0 Å². The van der Waals surface area contributed by atoms with Gasteiger partial charge in [-0.3, -0.25) is 0 Å². The number of aromatic nitrogens is 1. The van der Waals surface area contributed by atoms with E-state index >= 15 is 0 Å². The number of H-pyrrole nitrogens is 1. The number of rotatable bonds is 5. The minimum absolute atomic E-state index is 0.617.